The van der Waals surface area contributed by atoms with E-state index in [1.807, 2.05) is 24.3 Å². The molecule has 0 amide bonds. The maximum Gasteiger partial charge on any atom is 1.00 e. The second kappa shape index (κ2) is 23.5. The minimum Gasteiger partial charge on any atom is -1.00 e. The number of hydrogen-bond donors (Lipinski definition) is 0. The third kappa shape index (κ3) is 18.4. The van der Waals surface area contributed by atoms with Gasteiger partial charge in [0.05, 0.1) is 12.4 Å². The molecule has 0 aliphatic carbocycles. The van der Waals surface area contributed by atoms with E-state index >= 15 is 0 Å². The molecule has 4 nitrogen and oxygen atoms in total. The molecule has 222 valence electrons. The van der Waals surface area contributed by atoms with E-state index in [9.17, 15) is 8.42 Å². The average Bonchev–Trinajstić information content (AvgIpc) is 2.93. The summed E-state index contributed by atoms with van der Waals surface area (Å²) in [6.45, 7) is 5.00. The summed E-state index contributed by atoms with van der Waals surface area (Å²) in [5.74, 6) is 1.23. The van der Waals surface area contributed by atoms with Crippen LogP contribution in [0.1, 0.15) is 129 Å². The van der Waals surface area contributed by atoms with E-state index in [2.05, 4.69) is 26.0 Å². The van der Waals surface area contributed by atoms with Gasteiger partial charge in [-0.25, -0.2) is 0 Å². The molecule has 0 saturated heterocycles. The van der Waals surface area contributed by atoms with Crippen LogP contribution in [0.4, 0.5) is 0 Å². The Labute approximate surface area is 269 Å². The van der Waals surface area contributed by atoms with Crippen LogP contribution in [0.15, 0.2) is 48.5 Å². The fourth-order valence-electron chi connectivity index (χ4n) is 4.80. The number of ether oxygens (including phenoxy) is 1. The van der Waals surface area contributed by atoms with Crippen LogP contribution in [-0.4, -0.2) is 20.8 Å². The Hall–Kier alpha value is -1.01. The van der Waals surface area contributed by atoms with E-state index in [1.54, 1.807) is 12.1 Å². The van der Waals surface area contributed by atoms with Crippen LogP contribution in [-0.2, 0) is 23.0 Å². The molecule has 40 heavy (non-hydrogen) atoms. The van der Waals surface area contributed by atoms with Gasteiger partial charge in [0.2, 0.25) is 0 Å². The second-order valence-electron chi connectivity index (χ2n) is 10.9. The molecule has 0 bridgehead atoms. The van der Waals surface area contributed by atoms with Gasteiger partial charge >= 0.3 is 39.7 Å². The molecule has 0 spiro atoms. The molecule has 6 heteroatoms. The second-order valence-corrected chi connectivity index (χ2v) is 12.6. The standard InChI is InChI=1S/C34H54O4S.Na.H/c1-3-5-7-9-11-13-15-19-31-21-25-33(26-22-31)37-29-17-18-30-39(35,36)38-34-27-23-32(24-28-34)20-16-14-12-10-8-6-4-2;;/h21-28H,3-20,29-30H2,1-2H3;;/q;+1;-1. The SMILES string of the molecule is CCCCCCCCCc1ccc(OCCCCS(=O)(=O)Oc2ccc(CCCCCCCCC)cc2)cc1.[H-].[Na+]. The Balaban J connectivity index is 0.00000800. The predicted molar refractivity (Wildman–Crippen MR) is 167 cm³/mol. The summed E-state index contributed by atoms with van der Waals surface area (Å²) in [4.78, 5) is 0. The van der Waals surface area contributed by atoms with Crippen LogP contribution in [0.2, 0.25) is 0 Å². The first-order chi connectivity index (χ1) is 19.0. The van der Waals surface area contributed by atoms with E-state index < -0.39 is 10.1 Å². The molecule has 2 aromatic carbocycles. The van der Waals surface area contributed by atoms with Crippen LogP contribution < -0.4 is 38.5 Å². The van der Waals surface area contributed by atoms with Gasteiger partial charge in [-0.1, -0.05) is 115 Å². The van der Waals surface area contributed by atoms with E-state index in [0.29, 0.717) is 25.2 Å². The van der Waals surface area contributed by atoms with Gasteiger partial charge < -0.3 is 10.3 Å². The molecule has 0 N–H and O–H groups in total. The number of rotatable bonds is 24. The molecular formula is C34H55NaO4S. The van der Waals surface area contributed by atoms with Crippen LogP contribution in [0.25, 0.3) is 0 Å². The summed E-state index contributed by atoms with van der Waals surface area (Å²) in [5.41, 5.74) is 2.58. The summed E-state index contributed by atoms with van der Waals surface area (Å²) in [5, 5.41) is 0. The van der Waals surface area contributed by atoms with Crippen molar-refractivity contribution in [1.29, 1.82) is 0 Å². The number of benzene rings is 2. The summed E-state index contributed by atoms with van der Waals surface area (Å²) >= 11 is 0. The van der Waals surface area contributed by atoms with Crippen molar-refractivity contribution in [3.05, 3.63) is 59.7 Å². The summed E-state index contributed by atoms with van der Waals surface area (Å²) < 4.78 is 35.9. The largest absolute Gasteiger partial charge is 1.00 e. The van der Waals surface area contributed by atoms with Crippen molar-refractivity contribution in [2.45, 2.75) is 129 Å². The normalized spacial score (nSPS) is 11.2. The first kappa shape index (κ1) is 37.0. The van der Waals surface area contributed by atoms with Crippen molar-refractivity contribution in [3.63, 3.8) is 0 Å². The third-order valence-electron chi connectivity index (χ3n) is 7.27. The Morgan fingerprint density at radius 3 is 1.45 bits per heavy atom. The van der Waals surface area contributed by atoms with E-state index in [0.717, 1.165) is 18.6 Å². The fraction of sp³-hybridized carbons (Fsp3) is 0.647. The van der Waals surface area contributed by atoms with Crippen molar-refractivity contribution < 1.29 is 48.3 Å². The van der Waals surface area contributed by atoms with Crippen LogP contribution >= 0.6 is 0 Å². The van der Waals surface area contributed by atoms with Crippen LogP contribution in [0.3, 0.4) is 0 Å². The molecule has 0 saturated carbocycles. The first-order valence-corrected chi connectivity index (χ1v) is 17.3. The fourth-order valence-corrected chi connectivity index (χ4v) is 5.84. The molecule has 0 unspecified atom stereocenters. The van der Waals surface area contributed by atoms with Crippen LogP contribution in [0, 0.1) is 0 Å². The minimum atomic E-state index is -3.60. The zero-order valence-electron chi connectivity index (χ0n) is 26.8. The summed E-state index contributed by atoms with van der Waals surface area (Å²) in [6.07, 6.45) is 21.6. The van der Waals surface area contributed by atoms with Gasteiger partial charge in [0.1, 0.15) is 11.5 Å². The zero-order chi connectivity index (χ0) is 28.0. The topological polar surface area (TPSA) is 52.6 Å². The van der Waals surface area contributed by atoms with E-state index in [4.69, 9.17) is 8.92 Å². The smallest absolute Gasteiger partial charge is 1.00 e. The van der Waals surface area contributed by atoms with E-state index in [1.165, 1.54) is 101 Å². The van der Waals surface area contributed by atoms with Crippen molar-refractivity contribution in [2.75, 3.05) is 12.4 Å². The van der Waals surface area contributed by atoms with Crippen molar-refractivity contribution in [1.82, 2.24) is 0 Å². The molecule has 0 aliphatic heterocycles. The molecule has 0 aliphatic rings. The van der Waals surface area contributed by atoms with Gasteiger partial charge in [-0.15, -0.1) is 0 Å². The van der Waals surface area contributed by atoms with Crippen molar-refractivity contribution >= 4 is 10.1 Å². The van der Waals surface area contributed by atoms with Crippen molar-refractivity contribution in [2.24, 2.45) is 0 Å². The third-order valence-corrected chi connectivity index (χ3v) is 8.50. The molecular weight excluding hydrogens is 527 g/mol. The Kier molecular flexibility index (Phi) is 21.8. The van der Waals surface area contributed by atoms with E-state index in [-0.39, 0.29) is 36.7 Å². The molecule has 0 heterocycles. The Morgan fingerprint density at radius 1 is 0.550 bits per heavy atom. The monoisotopic (exact) mass is 582 g/mol. The van der Waals surface area contributed by atoms with Gasteiger partial charge in [-0.3, -0.25) is 0 Å². The maximum absolute atomic E-state index is 12.4. The minimum absolute atomic E-state index is 0. The summed E-state index contributed by atoms with van der Waals surface area (Å²) in [7, 11) is -3.60. The molecule has 0 radical (unpaired) electrons. The van der Waals surface area contributed by atoms with Crippen molar-refractivity contribution in [3.8, 4) is 11.5 Å². The Morgan fingerprint density at radius 2 is 0.975 bits per heavy atom. The van der Waals surface area contributed by atoms with Gasteiger partial charge in [-0.2, -0.15) is 8.42 Å². The van der Waals surface area contributed by atoms with Gasteiger partial charge in [0.25, 0.3) is 0 Å². The molecule has 0 atom stereocenters. The summed E-state index contributed by atoms with van der Waals surface area (Å²) in [6, 6.07) is 15.8. The zero-order valence-corrected chi connectivity index (χ0v) is 28.6. The number of aryl methyl sites for hydroxylation is 2. The quantitative estimate of drug-likeness (QED) is 0.0763. The number of unbranched alkanes of at least 4 members (excludes halogenated alkanes) is 13. The molecule has 0 fully saturated rings. The molecule has 2 aromatic rings. The van der Waals surface area contributed by atoms with Gasteiger partial charge in [0.15, 0.2) is 0 Å². The maximum atomic E-state index is 12.4. The first-order valence-electron chi connectivity index (χ1n) is 15.7. The van der Waals surface area contributed by atoms with Crippen LogP contribution in [0.5, 0.6) is 11.5 Å². The molecule has 2 rings (SSSR count). The van der Waals surface area contributed by atoms with Gasteiger partial charge in [0, 0.05) is 0 Å². The van der Waals surface area contributed by atoms with Gasteiger partial charge in [-0.05, 0) is 73.9 Å². The predicted octanol–water partition coefficient (Wildman–Crippen LogP) is 6.96. The molecule has 0 aromatic heterocycles. The number of hydrogen-bond acceptors (Lipinski definition) is 4. The average molecular weight is 583 g/mol. The Bertz CT molecular complexity index is 965.